The fourth-order valence-corrected chi connectivity index (χ4v) is 2.77. The van der Waals surface area contributed by atoms with Crippen LogP contribution in [-0.4, -0.2) is 37.0 Å². The third-order valence-corrected chi connectivity index (χ3v) is 3.97. The van der Waals surface area contributed by atoms with Gasteiger partial charge in [-0.25, -0.2) is 0 Å². The molecule has 18 heavy (non-hydrogen) atoms. The lowest BCUT2D eigenvalue weighted by Crippen LogP contribution is -2.73. The molecule has 1 saturated heterocycles. The maximum atomic E-state index is 6.04. The number of fused-ring (bicyclic) bond motifs is 2. The van der Waals surface area contributed by atoms with Crippen LogP contribution in [0.3, 0.4) is 0 Å². The van der Waals surface area contributed by atoms with Crippen LogP contribution >= 0.6 is 0 Å². The van der Waals surface area contributed by atoms with E-state index in [0.717, 1.165) is 25.7 Å². The van der Waals surface area contributed by atoms with Crippen LogP contribution in [0.1, 0.15) is 25.7 Å². The molecular formula is C14H16O4. The Balaban J connectivity index is 1.69. The normalized spacial score (nSPS) is 44.6. The molecule has 0 aromatic heterocycles. The van der Waals surface area contributed by atoms with Gasteiger partial charge in [-0.1, -0.05) is 11.8 Å². The summed E-state index contributed by atoms with van der Waals surface area (Å²) in [5.74, 6) is 3.63. The molecule has 2 saturated carbocycles. The highest BCUT2D eigenvalue weighted by Crippen LogP contribution is 2.54. The van der Waals surface area contributed by atoms with Gasteiger partial charge < -0.3 is 18.9 Å². The van der Waals surface area contributed by atoms with Crippen LogP contribution in [0.2, 0.25) is 0 Å². The summed E-state index contributed by atoms with van der Waals surface area (Å²) in [6.45, 7) is 0.482. The van der Waals surface area contributed by atoms with Crippen molar-refractivity contribution in [2.75, 3.05) is 13.2 Å². The molecule has 3 rings (SSSR count). The summed E-state index contributed by atoms with van der Waals surface area (Å²) in [5.41, 5.74) is 0. The van der Waals surface area contributed by atoms with E-state index in [4.69, 9.17) is 31.8 Å². The molecule has 0 bridgehead atoms. The third-order valence-electron chi connectivity index (χ3n) is 3.97. The lowest BCUT2D eigenvalue weighted by Gasteiger charge is -2.62. The molecule has 0 aromatic carbocycles. The minimum Gasteiger partial charge on any atom is -0.338 e. The summed E-state index contributed by atoms with van der Waals surface area (Å²) in [4.78, 5) is 0. The van der Waals surface area contributed by atoms with Crippen LogP contribution < -0.4 is 0 Å². The molecule has 4 atom stereocenters. The van der Waals surface area contributed by atoms with E-state index in [1.54, 1.807) is 0 Å². The monoisotopic (exact) mass is 248 g/mol. The van der Waals surface area contributed by atoms with Gasteiger partial charge in [0.2, 0.25) is 0 Å². The molecule has 3 fully saturated rings. The van der Waals surface area contributed by atoms with Crippen molar-refractivity contribution in [3.63, 3.8) is 0 Å². The van der Waals surface area contributed by atoms with E-state index in [0.29, 0.717) is 0 Å². The van der Waals surface area contributed by atoms with Crippen molar-refractivity contribution in [1.82, 2.24) is 0 Å². The Morgan fingerprint density at radius 1 is 0.944 bits per heavy atom. The van der Waals surface area contributed by atoms with Gasteiger partial charge in [-0.05, 0) is 12.8 Å². The van der Waals surface area contributed by atoms with Gasteiger partial charge in [0.15, 0.2) is 11.6 Å². The van der Waals surface area contributed by atoms with Crippen molar-refractivity contribution in [3.8, 4) is 24.7 Å². The molecule has 0 unspecified atom stereocenters. The van der Waals surface area contributed by atoms with Crippen LogP contribution in [0, 0.1) is 24.7 Å². The summed E-state index contributed by atoms with van der Waals surface area (Å²) >= 11 is 0. The SMILES string of the molecule is C#CCO[C@@]12CC[C@@H]1O[C@@]1(OCC#C)CC[C@H]1O2. The van der Waals surface area contributed by atoms with Crippen molar-refractivity contribution in [2.24, 2.45) is 0 Å². The predicted octanol–water partition coefficient (Wildman–Crippen LogP) is 1.05. The van der Waals surface area contributed by atoms with Crippen molar-refractivity contribution in [1.29, 1.82) is 0 Å². The van der Waals surface area contributed by atoms with Gasteiger partial charge in [0.05, 0.1) is 0 Å². The first kappa shape index (κ1) is 12.0. The molecule has 2 aliphatic carbocycles. The van der Waals surface area contributed by atoms with Crippen LogP contribution in [0.4, 0.5) is 0 Å². The van der Waals surface area contributed by atoms with E-state index >= 15 is 0 Å². The zero-order chi connectivity index (χ0) is 12.6. The molecular weight excluding hydrogens is 232 g/mol. The second-order valence-electron chi connectivity index (χ2n) is 4.90. The van der Waals surface area contributed by atoms with Crippen LogP contribution in [0.5, 0.6) is 0 Å². The van der Waals surface area contributed by atoms with Crippen molar-refractivity contribution in [3.05, 3.63) is 0 Å². The number of terminal acetylenes is 2. The Bertz CT molecular complexity index is 380. The number of hydrogen-bond acceptors (Lipinski definition) is 4. The first-order chi connectivity index (χ1) is 8.75. The van der Waals surface area contributed by atoms with E-state index in [-0.39, 0.29) is 25.4 Å². The second kappa shape index (κ2) is 4.26. The summed E-state index contributed by atoms with van der Waals surface area (Å²) < 4.78 is 23.4. The molecule has 0 amide bonds. The van der Waals surface area contributed by atoms with Crippen LogP contribution in [0.15, 0.2) is 0 Å². The van der Waals surface area contributed by atoms with Gasteiger partial charge >= 0.3 is 0 Å². The lowest BCUT2D eigenvalue weighted by molar-refractivity contribution is -0.488. The zero-order valence-electron chi connectivity index (χ0n) is 10.2. The van der Waals surface area contributed by atoms with Gasteiger partial charge in [-0.2, -0.15) is 0 Å². The molecule has 0 N–H and O–H groups in total. The number of hydrogen-bond donors (Lipinski definition) is 0. The van der Waals surface area contributed by atoms with Gasteiger partial charge in [0.1, 0.15) is 25.4 Å². The van der Waals surface area contributed by atoms with Crippen molar-refractivity contribution < 1.29 is 18.9 Å². The smallest absolute Gasteiger partial charge is 0.196 e. The van der Waals surface area contributed by atoms with E-state index in [1.165, 1.54) is 0 Å². The Morgan fingerprint density at radius 3 is 1.67 bits per heavy atom. The number of ether oxygens (including phenoxy) is 4. The Kier molecular flexibility index (Phi) is 2.84. The molecule has 0 aromatic rings. The van der Waals surface area contributed by atoms with E-state index < -0.39 is 11.6 Å². The molecule has 3 aliphatic rings. The minimum absolute atomic E-state index is 0.0971. The first-order valence-corrected chi connectivity index (χ1v) is 6.25. The fraction of sp³-hybridized carbons (Fsp3) is 0.714. The zero-order valence-corrected chi connectivity index (χ0v) is 10.2. The quantitative estimate of drug-likeness (QED) is 0.697. The third kappa shape index (κ3) is 1.58. The first-order valence-electron chi connectivity index (χ1n) is 6.25. The average Bonchev–Trinajstić information content (AvgIpc) is 2.35. The fourth-order valence-electron chi connectivity index (χ4n) is 2.77. The standard InChI is InChI=1S/C14H16O4/c1-3-9-15-13-7-5-11(13)18-14(16-10-4-2)8-6-12(14)17-13/h1-2,11-12H,5-10H2/t11-,12+,13+,14-. The van der Waals surface area contributed by atoms with Crippen LogP contribution in [0.25, 0.3) is 0 Å². The van der Waals surface area contributed by atoms with Gasteiger partial charge in [0.25, 0.3) is 0 Å². The summed E-state index contributed by atoms with van der Waals surface area (Å²) in [6, 6.07) is 0. The van der Waals surface area contributed by atoms with Gasteiger partial charge in [-0.3, -0.25) is 0 Å². The summed E-state index contributed by atoms with van der Waals surface area (Å²) in [7, 11) is 0. The lowest BCUT2D eigenvalue weighted by atomic mass is 9.78. The highest BCUT2D eigenvalue weighted by atomic mass is 16.8. The maximum Gasteiger partial charge on any atom is 0.196 e. The molecule has 1 aliphatic heterocycles. The van der Waals surface area contributed by atoms with Crippen molar-refractivity contribution >= 4 is 0 Å². The molecule has 4 heteroatoms. The number of rotatable bonds is 4. The highest BCUT2D eigenvalue weighted by Gasteiger charge is 2.66. The Labute approximate surface area is 107 Å². The molecule has 1 heterocycles. The Morgan fingerprint density at radius 2 is 1.39 bits per heavy atom. The van der Waals surface area contributed by atoms with E-state index in [2.05, 4.69) is 11.8 Å². The van der Waals surface area contributed by atoms with Gasteiger partial charge in [-0.15, -0.1) is 12.8 Å². The summed E-state index contributed by atoms with van der Waals surface area (Å²) in [6.07, 6.45) is 13.7. The second-order valence-corrected chi connectivity index (χ2v) is 4.90. The molecule has 4 nitrogen and oxygen atoms in total. The Hall–Kier alpha value is -1.04. The predicted molar refractivity (Wildman–Crippen MR) is 63.2 cm³/mol. The maximum absolute atomic E-state index is 6.04. The van der Waals surface area contributed by atoms with E-state index in [9.17, 15) is 0 Å². The van der Waals surface area contributed by atoms with Crippen molar-refractivity contribution in [2.45, 2.75) is 49.5 Å². The largest absolute Gasteiger partial charge is 0.338 e. The molecule has 0 radical (unpaired) electrons. The molecule has 0 spiro atoms. The molecule has 96 valence electrons. The topological polar surface area (TPSA) is 36.9 Å². The van der Waals surface area contributed by atoms with Gasteiger partial charge in [0, 0.05) is 12.8 Å². The average molecular weight is 248 g/mol. The highest BCUT2D eigenvalue weighted by molar-refractivity contribution is 5.06. The van der Waals surface area contributed by atoms with E-state index in [1.807, 2.05) is 0 Å². The summed E-state index contributed by atoms with van der Waals surface area (Å²) in [5, 5.41) is 0. The van der Waals surface area contributed by atoms with Crippen LogP contribution in [-0.2, 0) is 18.9 Å². The minimum atomic E-state index is -0.652.